The van der Waals surface area contributed by atoms with Crippen molar-refractivity contribution in [2.75, 3.05) is 0 Å². The molecule has 0 spiro atoms. The van der Waals surface area contributed by atoms with Crippen molar-refractivity contribution in [1.29, 1.82) is 0 Å². The molecule has 0 nitrogen and oxygen atoms in total. The SMILES string of the molecule is CC1=C(C)C([SiH2]c2ccccc2)=[C-]C1.[CH-]1CCCC1.[CH3-].[CH3-].[CH3-].[Pt]. The third-order valence-electron chi connectivity index (χ3n) is 3.95. The van der Waals surface area contributed by atoms with Crippen LogP contribution in [0, 0.1) is 34.8 Å². The van der Waals surface area contributed by atoms with Crippen LogP contribution in [0.2, 0.25) is 0 Å². The quantitative estimate of drug-likeness (QED) is 0.389. The van der Waals surface area contributed by atoms with Gasteiger partial charge in [0.1, 0.15) is 0 Å². The van der Waals surface area contributed by atoms with Gasteiger partial charge in [-0.2, -0.15) is 18.4 Å². The fraction of sp³-hybridized carbons (Fsp3) is 0.333. The minimum absolute atomic E-state index is 0. The average molecular weight is 509 g/mol. The molecule has 0 aliphatic heterocycles. The zero-order chi connectivity index (χ0) is 13.5. The van der Waals surface area contributed by atoms with Crippen molar-refractivity contribution in [3.63, 3.8) is 0 Å². The van der Waals surface area contributed by atoms with E-state index in [2.05, 4.69) is 56.7 Å². The topological polar surface area (TPSA) is 0 Å². The summed E-state index contributed by atoms with van der Waals surface area (Å²) >= 11 is 0. The van der Waals surface area contributed by atoms with Gasteiger partial charge < -0.3 is 28.7 Å². The Morgan fingerprint density at radius 3 is 1.91 bits per heavy atom. The molecule has 0 atom stereocenters. The molecule has 1 aromatic rings. The van der Waals surface area contributed by atoms with E-state index in [9.17, 15) is 0 Å². The predicted octanol–water partition coefficient (Wildman–Crippen LogP) is 5.02. The molecule has 136 valence electrons. The molecule has 0 heterocycles. The van der Waals surface area contributed by atoms with Crippen LogP contribution in [0.4, 0.5) is 0 Å². The van der Waals surface area contributed by atoms with E-state index in [0.717, 1.165) is 6.42 Å². The van der Waals surface area contributed by atoms with E-state index < -0.39 is 0 Å². The minimum atomic E-state index is -0.267. The third kappa shape index (κ3) is 9.47. The van der Waals surface area contributed by atoms with Gasteiger partial charge in [0, 0.05) is 30.6 Å². The number of hydrogen-bond acceptors (Lipinski definition) is 0. The molecule has 2 aliphatic carbocycles. The Kier molecular flexibility index (Phi) is 18.1. The first-order valence-electron chi connectivity index (χ1n) is 7.39. The van der Waals surface area contributed by atoms with Crippen molar-refractivity contribution in [3.05, 3.63) is 81.5 Å². The van der Waals surface area contributed by atoms with Crippen LogP contribution >= 0.6 is 0 Å². The van der Waals surface area contributed by atoms with Gasteiger partial charge in [0.25, 0.3) is 0 Å². The normalized spacial score (nSPS) is 15.5. The Balaban J connectivity index is -0.000000389. The minimum Gasteiger partial charge on any atom is -0.358 e. The second kappa shape index (κ2) is 15.2. The number of benzene rings is 1. The van der Waals surface area contributed by atoms with Gasteiger partial charge in [0.05, 0.1) is 0 Å². The van der Waals surface area contributed by atoms with E-state index in [-0.39, 0.29) is 52.9 Å². The van der Waals surface area contributed by atoms with Gasteiger partial charge in [0.2, 0.25) is 0 Å². The summed E-state index contributed by atoms with van der Waals surface area (Å²) in [6.45, 7) is 4.45. The summed E-state index contributed by atoms with van der Waals surface area (Å²) in [6, 6.07) is 10.8. The molecule has 2 heteroatoms. The zero-order valence-corrected chi connectivity index (χ0v) is 19.2. The predicted molar refractivity (Wildman–Crippen MR) is 106 cm³/mol. The summed E-state index contributed by atoms with van der Waals surface area (Å²) in [6.07, 6.45) is 12.6. The van der Waals surface area contributed by atoms with Crippen molar-refractivity contribution in [3.8, 4) is 0 Å². The zero-order valence-electron chi connectivity index (χ0n) is 15.5. The van der Waals surface area contributed by atoms with E-state index >= 15 is 0 Å². The van der Waals surface area contributed by atoms with Crippen molar-refractivity contribution in [2.45, 2.75) is 46.0 Å². The standard InChI is InChI=1S/C13H15Si.C5H9.3CH3.Pt/c1-10-8-9-13(11(10)2)14-12-6-4-3-5-7-12;1-2-4-5-3-1;;;;/h3-7H,8,14H2,1-2H3;1H,2-5H2;3*1H3;/q5*-1;. The molecule has 1 aromatic carbocycles. The molecule has 0 saturated heterocycles. The maximum Gasteiger partial charge on any atom is 0.0498 e. The number of rotatable bonds is 2. The first kappa shape index (κ1) is 27.5. The fourth-order valence-corrected chi connectivity index (χ4v) is 4.21. The van der Waals surface area contributed by atoms with Crippen LogP contribution < -0.4 is 5.19 Å². The molecule has 0 aromatic heterocycles. The Hall–Kier alpha value is -0.395. The molecule has 0 amide bonds. The summed E-state index contributed by atoms with van der Waals surface area (Å²) in [5.74, 6) is 0. The molecule has 0 unspecified atom stereocenters. The van der Waals surface area contributed by atoms with Gasteiger partial charge in [-0.05, 0) is 0 Å². The second-order valence-corrected chi connectivity index (χ2v) is 7.35. The van der Waals surface area contributed by atoms with Crippen molar-refractivity contribution in [2.24, 2.45) is 0 Å². The van der Waals surface area contributed by atoms with Crippen molar-refractivity contribution in [1.82, 2.24) is 0 Å². The third-order valence-corrected chi connectivity index (χ3v) is 5.96. The Bertz CT molecular complexity index is 448. The van der Waals surface area contributed by atoms with E-state index in [1.807, 2.05) is 0 Å². The average Bonchev–Trinajstić information content (AvgIpc) is 3.10. The molecular weight excluding hydrogens is 475 g/mol. The summed E-state index contributed by atoms with van der Waals surface area (Å²) < 4.78 is 0. The van der Waals surface area contributed by atoms with E-state index in [0.29, 0.717) is 0 Å². The van der Waals surface area contributed by atoms with Gasteiger partial charge >= 0.3 is 0 Å². The molecule has 23 heavy (non-hydrogen) atoms. The maximum absolute atomic E-state index is 3.51. The van der Waals surface area contributed by atoms with Crippen LogP contribution in [-0.2, 0) is 21.1 Å². The van der Waals surface area contributed by atoms with Crippen LogP contribution in [0.3, 0.4) is 0 Å². The van der Waals surface area contributed by atoms with E-state index in [4.69, 9.17) is 0 Å². The van der Waals surface area contributed by atoms with Gasteiger partial charge in [-0.1, -0.05) is 55.3 Å². The Labute approximate surface area is 163 Å². The Morgan fingerprint density at radius 2 is 1.52 bits per heavy atom. The molecule has 3 rings (SSSR count). The summed E-state index contributed by atoms with van der Waals surface area (Å²) in [5, 5.41) is 3.04. The smallest absolute Gasteiger partial charge is 0.0498 e. The summed E-state index contributed by atoms with van der Waals surface area (Å²) in [5.41, 5.74) is 3.00. The first-order chi connectivity index (χ1) is 9.27. The molecule has 2 aliphatic rings. The van der Waals surface area contributed by atoms with Crippen LogP contribution in [0.15, 0.2) is 46.7 Å². The number of allylic oxidation sites excluding steroid dienone is 4. The molecule has 0 N–H and O–H groups in total. The maximum atomic E-state index is 3.51. The van der Waals surface area contributed by atoms with Crippen LogP contribution in [0.1, 0.15) is 46.0 Å². The molecule has 1 saturated carbocycles. The molecule has 0 bridgehead atoms. The van der Waals surface area contributed by atoms with Gasteiger partial charge in [-0.25, -0.2) is 10.8 Å². The Morgan fingerprint density at radius 1 is 0.957 bits per heavy atom. The largest absolute Gasteiger partial charge is 0.358 e. The molecule has 1 fully saturated rings. The van der Waals surface area contributed by atoms with E-state index in [1.165, 1.54) is 47.2 Å². The second-order valence-electron chi connectivity index (χ2n) is 5.47. The van der Waals surface area contributed by atoms with Gasteiger partial charge in [-0.15, -0.1) is 13.3 Å². The first-order valence-corrected chi connectivity index (χ1v) is 8.81. The molecular formula is C21H33PtSi-5. The van der Waals surface area contributed by atoms with Crippen LogP contribution in [-0.4, -0.2) is 9.52 Å². The monoisotopic (exact) mass is 508 g/mol. The van der Waals surface area contributed by atoms with Crippen LogP contribution in [0.25, 0.3) is 0 Å². The summed E-state index contributed by atoms with van der Waals surface area (Å²) in [7, 11) is -0.267. The van der Waals surface area contributed by atoms with Gasteiger partial charge in [-0.3, -0.25) is 6.08 Å². The molecule has 0 radical (unpaired) electrons. The van der Waals surface area contributed by atoms with Crippen molar-refractivity contribution >= 4 is 14.7 Å². The van der Waals surface area contributed by atoms with E-state index in [1.54, 1.807) is 0 Å². The van der Waals surface area contributed by atoms with Crippen molar-refractivity contribution < 1.29 is 21.1 Å². The van der Waals surface area contributed by atoms with Crippen LogP contribution in [0.5, 0.6) is 0 Å². The van der Waals surface area contributed by atoms with Gasteiger partial charge in [0.15, 0.2) is 0 Å². The fourth-order valence-electron chi connectivity index (χ4n) is 2.48. The summed E-state index contributed by atoms with van der Waals surface area (Å²) in [4.78, 5) is 0. The number of hydrogen-bond donors (Lipinski definition) is 0.